The van der Waals surface area contributed by atoms with Crippen LogP contribution in [-0.4, -0.2) is 29.8 Å². The molecule has 0 bridgehead atoms. The number of thiophene rings is 1. The van der Waals surface area contributed by atoms with E-state index >= 15 is 0 Å². The van der Waals surface area contributed by atoms with Gasteiger partial charge in [0, 0.05) is 16.8 Å². The molecule has 0 radical (unpaired) electrons. The highest BCUT2D eigenvalue weighted by Crippen LogP contribution is 2.37. The molecule has 0 spiro atoms. The molecule has 4 nitrogen and oxygen atoms in total. The molecular weight excluding hydrogens is 332 g/mol. The van der Waals surface area contributed by atoms with Crippen LogP contribution in [-0.2, 0) is 16.0 Å². The van der Waals surface area contributed by atoms with Crippen molar-refractivity contribution in [3.8, 4) is 0 Å². The lowest BCUT2D eigenvalue weighted by molar-refractivity contribution is -0.136. The minimum absolute atomic E-state index is 0.0386. The van der Waals surface area contributed by atoms with Crippen molar-refractivity contribution in [1.82, 2.24) is 10.2 Å². The highest BCUT2D eigenvalue weighted by molar-refractivity contribution is 7.10. The van der Waals surface area contributed by atoms with Gasteiger partial charge in [0.15, 0.2) is 0 Å². The Morgan fingerprint density at radius 3 is 2.60 bits per heavy atom. The summed E-state index contributed by atoms with van der Waals surface area (Å²) < 4.78 is 0. The van der Waals surface area contributed by atoms with E-state index in [1.807, 2.05) is 43.9 Å². The van der Waals surface area contributed by atoms with Crippen LogP contribution in [0.25, 0.3) is 0 Å². The van der Waals surface area contributed by atoms with Crippen molar-refractivity contribution >= 4 is 23.2 Å². The molecule has 1 aliphatic heterocycles. The Balaban J connectivity index is 1.82. The third kappa shape index (κ3) is 3.76. The molecular formula is C20H24N2O2S. The van der Waals surface area contributed by atoms with Gasteiger partial charge < -0.3 is 10.2 Å². The third-order valence-electron chi connectivity index (χ3n) is 4.48. The molecule has 3 rings (SSSR count). The van der Waals surface area contributed by atoms with Crippen LogP contribution in [0, 0.1) is 5.41 Å². The molecule has 2 aromatic rings. The van der Waals surface area contributed by atoms with E-state index in [1.165, 1.54) is 10.4 Å². The fraction of sp³-hybridized carbons (Fsp3) is 0.400. The maximum absolute atomic E-state index is 12.9. The van der Waals surface area contributed by atoms with E-state index in [4.69, 9.17) is 0 Å². The average Bonchev–Trinajstić information content (AvgIpc) is 3.07. The quantitative estimate of drug-likeness (QED) is 0.916. The normalized spacial score (nSPS) is 17.1. The molecule has 1 aromatic carbocycles. The van der Waals surface area contributed by atoms with E-state index in [0.717, 1.165) is 12.0 Å². The van der Waals surface area contributed by atoms with Crippen molar-refractivity contribution < 1.29 is 9.59 Å². The number of amides is 2. The summed E-state index contributed by atoms with van der Waals surface area (Å²) in [6.07, 6.45) is 0.870. The predicted molar refractivity (Wildman–Crippen MR) is 100 cm³/mol. The molecule has 0 aliphatic carbocycles. The Kier molecular flexibility index (Phi) is 4.95. The number of carbonyl (C=O) groups excluding carboxylic acids is 2. The zero-order chi connectivity index (χ0) is 18.0. The summed E-state index contributed by atoms with van der Waals surface area (Å²) in [4.78, 5) is 28.2. The SMILES string of the molecule is CC(C)(C)C(=O)NCC(=O)N1CCc2sccc2[C@@H]1c1ccccc1. The Morgan fingerprint density at radius 2 is 1.92 bits per heavy atom. The first-order chi connectivity index (χ1) is 11.9. The molecule has 0 unspecified atom stereocenters. The third-order valence-corrected chi connectivity index (χ3v) is 5.48. The second kappa shape index (κ2) is 7.00. The second-order valence-corrected chi connectivity index (χ2v) is 8.38. The number of benzene rings is 1. The topological polar surface area (TPSA) is 49.4 Å². The van der Waals surface area contributed by atoms with Crippen molar-refractivity contribution in [1.29, 1.82) is 0 Å². The number of rotatable bonds is 3. The van der Waals surface area contributed by atoms with Crippen molar-refractivity contribution in [3.63, 3.8) is 0 Å². The van der Waals surface area contributed by atoms with Crippen LogP contribution in [0.2, 0.25) is 0 Å². The van der Waals surface area contributed by atoms with E-state index in [-0.39, 0.29) is 24.4 Å². The minimum atomic E-state index is -0.498. The van der Waals surface area contributed by atoms with Crippen LogP contribution in [0.4, 0.5) is 0 Å². The number of hydrogen-bond acceptors (Lipinski definition) is 3. The van der Waals surface area contributed by atoms with Gasteiger partial charge in [0.05, 0.1) is 12.6 Å². The maximum atomic E-state index is 12.9. The number of fused-ring (bicyclic) bond motifs is 1. The monoisotopic (exact) mass is 356 g/mol. The predicted octanol–water partition coefficient (Wildman–Crippen LogP) is 3.38. The van der Waals surface area contributed by atoms with Crippen LogP contribution in [0.1, 0.15) is 42.8 Å². The Labute approximate surface area is 152 Å². The van der Waals surface area contributed by atoms with Gasteiger partial charge >= 0.3 is 0 Å². The summed E-state index contributed by atoms with van der Waals surface area (Å²) in [6.45, 7) is 6.25. The molecule has 2 heterocycles. The zero-order valence-electron chi connectivity index (χ0n) is 14.9. The second-order valence-electron chi connectivity index (χ2n) is 7.38. The van der Waals surface area contributed by atoms with Crippen LogP contribution >= 0.6 is 11.3 Å². The van der Waals surface area contributed by atoms with Crippen molar-refractivity contribution in [2.24, 2.45) is 5.41 Å². The Morgan fingerprint density at radius 1 is 1.20 bits per heavy atom. The van der Waals surface area contributed by atoms with Gasteiger partial charge in [0.1, 0.15) is 0 Å². The summed E-state index contributed by atoms with van der Waals surface area (Å²) in [7, 11) is 0. The molecule has 132 valence electrons. The minimum Gasteiger partial charge on any atom is -0.347 e. The number of nitrogens with one attached hydrogen (secondary N) is 1. The largest absolute Gasteiger partial charge is 0.347 e. The highest BCUT2D eigenvalue weighted by Gasteiger charge is 2.33. The summed E-state index contributed by atoms with van der Waals surface area (Å²) in [5.41, 5.74) is 1.82. The number of nitrogens with zero attached hydrogens (tertiary/aromatic N) is 1. The molecule has 2 amide bonds. The average molecular weight is 356 g/mol. The van der Waals surface area contributed by atoms with E-state index in [2.05, 4.69) is 28.9 Å². The van der Waals surface area contributed by atoms with Crippen LogP contribution in [0.15, 0.2) is 41.8 Å². The Hall–Kier alpha value is -2.14. The van der Waals surface area contributed by atoms with Gasteiger partial charge in [-0.2, -0.15) is 0 Å². The van der Waals surface area contributed by atoms with Gasteiger partial charge in [-0.1, -0.05) is 51.1 Å². The van der Waals surface area contributed by atoms with Gasteiger partial charge in [-0.3, -0.25) is 9.59 Å². The van der Waals surface area contributed by atoms with Gasteiger partial charge in [0.2, 0.25) is 11.8 Å². The van der Waals surface area contributed by atoms with Crippen molar-refractivity contribution in [3.05, 3.63) is 57.8 Å². The van der Waals surface area contributed by atoms with Crippen LogP contribution in [0.3, 0.4) is 0 Å². The first-order valence-corrected chi connectivity index (χ1v) is 9.45. The summed E-state index contributed by atoms with van der Waals surface area (Å²) in [5.74, 6) is -0.145. The summed E-state index contributed by atoms with van der Waals surface area (Å²) in [6, 6.07) is 12.1. The van der Waals surface area contributed by atoms with E-state index in [1.54, 1.807) is 11.3 Å². The fourth-order valence-corrected chi connectivity index (χ4v) is 4.01. The highest BCUT2D eigenvalue weighted by atomic mass is 32.1. The molecule has 25 heavy (non-hydrogen) atoms. The molecule has 1 aliphatic rings. The smallest absolute Gasteiger partial charge is 0.242 e. The molecule has 1 N–H and O–H groups in total. The maximum Gasteiger partial charge on any atom is 0.242 e. The lowest BCUT2D eigenvalue weighted by Gasteiger charge is -2.36. The molecule has 0 fully saturated rings. The fourth-order valence-electron chi connectivity index (χ4n) is 3.10. The first-order valence-electron chi connectivity index (χ1n) is 8.57. The molecule has 5 heteroatoms. The van der Waals surface area contributed by atoms with Crippen molar-refractivity contribution in [2.75, 3.05) is 13.1 Å². The Bertz CT molecular complexity index is 762. The van der Waals surface area contributed by atoms with Gasteiger partial charge in [-0.25, -0.2) is 0 Å². The molecule has 0 saturated heterocycles. The van der Waals surface area contributed by atoms with Crippen LogP contribution < -0.4 is 5.32 Å². The summed E-state index contributed by atoms with van der Waals surface area (Å²) >= 11 is 1.75. The van der Waals surface area contributed by atoms with Crippen molar-refractivity contribution in [2.45, 2.75) is 33.2 Å². The number of hydrogen-bond donors (Lipinski definition) is 1. The molecule has 1 atom stereocenters. The van der Waals surface area contributed by atoms with E-state index in [0.29, 0.717) is 6.54 Å². The number of carbonyl (C=O) groups is 2. The molecule has 1 aromatic heterocycles. The van der Waals surface area contributed by atoms with E-state index < -0.39 is 5.41 Å². The van der Waals surface area contributed by atoms with Gasteiger partial charge in [0.25, 0.3) is 0 Å². The van der Waals surface area contributed by atoms with Gasteiger partial charge in [-0.15, -0.1) is 11.3 Å². The molecule has 0 saturated carbocycles. The standard InChI is InChI=1S/C20H24N2O2S/c1-20(2,3)19(24)21-13-17(23)22-11-9-16-15(10-12-25-16)18(22)14-7-5-4-6-8-14/h4-8,10,12,18H,9,11,13H2,1-3H3,(H,21,24)/t18-/m0/s1. The lowest BCUT2D eigenvalue weighted by Crippen LogP contribution is -2.47. The lowest BCUT2D eigenvalue weighted by atomic mass is 9.93. The van der Waals surface area contributed by atoms with Gasteiger partial charge in [-0.05, 0) is 29.0 Å². The zero-order valence-corrected chi connectivity index (χ0v) is 15.7. The first kappa shape index (κ1) is 17.7. The van der Waals surface area contributed by atoms with Crippen LogP contribution in [0.5, 0.6) is 0 Å². The summed E-state index contributed by atoms with van der Waals surface area (Å²) in [5, 5.41) is 4.88. The van der Waals surface area contributed by atoms with E-state index in [9.17, 15) is 9.59 Å².